The Morgan fingerprint density at radius 2 is 1.80 bits per heavy atom. The third kappa shape index (κ3) is 4.40. The summed E-state index contributed by atoms with van der Waals surface area (Å²) in [7, 11) is -2.56. The van der Waals surface area contributed by atoms with Gasteiger partial charge in [0.25, 0.3) is 15.9 Å². The highest BCUT2D eigenvalue weighted by Gasteiger charge is 2.17. The van der Waals surface area contributed by atoms with Crippen LogP contribution in [0.2, 0.25) is 0 Å². The number of benzene rings is 1. The fraction of sp³-hybridized carbons (Fsp3) is 0.0714. The second-order valence-corrected chi connectivity index (χ2v) is 6.02. The van der Waals surface area contributed by atoms with Gasteiger partial charge in [-0.1, -0.05) is 0 Å². The molecule has 2 aromatic rings. The topological polar surface area (TPSA) is 153 Å². The van der Waals surface area contributed by atoms with E-state index in [0.29, 0.717) is 5.69 Å². The number of nitrogens with one attached hydrogen (secondary N) is 2. The fourth-order valence-electron chi connectivity index (χ4n) is 1.63. The van der Waals surface area contributed by atoms with Crippen LogP contribution >= 0.6 is 0 Å². The molecule has 1 aromatic carbocycles. The zero-order valence-electron chi connectivity index (χ0n) is 12.8. The molecule has 0 unspecified atom stereocenters. The van der Waals surface area contributed by atoms with E-state index in [9.17, 15) is 8.42 Å². The minimum Gasteiger partial charge on any atom is -0.478 e. The van der Waals surface area contributed by atoms with Gasteiger partial charge in [-0.05, 0) is 24.3 Å². The van der Waals surface area contributed by atoms with Gasteiger partial charge in [-0.3, -0.25) is 10.1 Å². The Hall–Kier alpha value is -3.70. The number of methoxy groups -OCH3 is 1. The molecule has 0 atom stereocenters. The number of aromatic nitrogens is 2. The first-order chi connectivity index (χ1) is 12.0. The van der Waals surface area contributed by atoms with E-state index in [1.165, 1.54) is 43.8 Å². The van der Waals surface area contributed by atoms with E-state index in [2.05, 4.69) is 25.2 Å². The van der Waals surface area contributed by atoms with Crippen LogP contribution in [0.3, 0.4) is 0 Å². The Bertz CT molecular complexity index is 957. The Kier molecular flexibility index (Phi) is 5.45. The summed E-state index contributed by atoms with van der Waals surface area (Å²) in [6.07, 6.45) is 2.70. The van der Waals surface area contributed by atoms with Gasteiger partial charge >= 0.3 is 0 Å². The number of hydrogen-bond acceptors (Lipinski definition) is 9. The van der Waals surface area contributed by atoms with Crippen LogP contribution in [0.4, 0.5) is 11.5 Å². The third-order valence-electron chi connectivity index (χ3n) is 2.76. The van der Waals surface area contributed by atoms with Gasteiger partial charge in [0.1, 0.15) is 12.1 Å². The fourth-order valence-corrected chi connectivity index (χ4v) is 2.64. The molecule has 0 spiro atoms. The lowest BCUT2D eigenvalue weighted by atomic mass is 10.3. The maximum absolute atomic E-state index is 12.4. The monoisotopic (exact) mass is 357 g/mol. The average molecular weight is 357 g/mol. The maximum Gasteiger partial charge on any atom is 0.263 e. The number of nitrogens with zero attached hydrogens (tertiary/aromatic N) is 5. The molecule has 11 heteroatoms. The van der Waals surface area contributed by atoms with Gasteiger partial charge in [0.2, 0.25) is 11.5 Å². The number of anilines is 2. The SMILES string of the molecule is COc1nccnc1NS(=O)(=O)c1ccc(NN=C(C#N)C#N)cc1. The van der Waals surface area contributed by atoms with Gasteiger partial charge in [0.15, 0.2) is 0 Å². The van der Waals surface area contributed by atoms with Crippen molar-refractivity contribution in [3.63, 3.8) is 0 Å². The van der Waals surface area contributed by atoms with Crippen LogP contribution in [-0.4, -0.2) is 31.2 Å². The number of rotatable bonds is 6. The lowest BCUT2D eigenvalue weighted by Gasteiger charge is -2.10. The maximum atomic E-state index is 12.4. The van der Waals surface area contributed by atoms with Crippen molar-refractivity contribution in [2.24, 2.45) is 5.10 Å². The van der Waals surface area contributed by atoms with Gasteiger partial charge in [-0.15, -0.1) is 0 Å². The quantitative estimate of drug-likeness (QED) is 0.575. The van der Waals surface area contributed by atoms with E-state index in [-0.39, 0.29) is 22.3 Å². The van der Waals surface area contributed by atoms with Crippen molar-refractivity contribution in [2.75, 3.05) is 17.3 Å². The van der Waals surface area contributed by atoms with Crippen molar-refractivity contribution in [3.8, 4) is 18.0 Å². The second-order valence-electron chi connectivity index (χ2n) is 4.34. The van der Waals surface area contributed by atoms with Crippen molar-refractivity contribution in [1.82, 2.24) is 9.97 Å². The van der Waals surface area contributed by atoms with Gasteiger partial charge in [-0.25, -0.2) is 18.4 Å². The number of sulfonamides is 1. The summed E-state index contributed by atoms with van der Waals surface area (Å²) in [6, 6.07) is 8.68. The first kappa shape index (κ1) is 17.7. The smallest absolute Gasteiger partial charge is 0.263 e. The Morgan fingerprint density at radius 1 is 1.16 bits per heavy atom. The zero-order chi connectivity index (χ0) is 18.3. The first-order valence-electron chi connectivity index (χ1n) is 6.62. The summed E-state index contributed by atoms with van der Waals surface area (Å²) in [6.45, 7) is 0. The molecule has 0 radical (unpaired) electrons. The van der Waals surface area contributed by atoms with Crippen molar-refractivity contribution in [1.29, 1.82) is 10.5 Å². The molecule has 0 fully saturated rings. The molecule has 2 rings (SSSR count). The summed E-state index contributed by atoms with van der Waals surface area (Å²) in [5.41, 5.74) is 2.53. The molecule has 10 nitrogen and oxygen atoms in total. The van der Waals surface area contributed by atoms with E-state index in [4.69, 9.17) is 15.3 Å². The molecule has 0 aliphatic rings. The molecule has 0 saturated heterocycles. The highest BCUT2D eigenvalue weighted by molar-refractivity contribution is 7.92. The Balaban J connectivity index is 2.20. The third-order valence-corrected chi connectivity index (χ3v) is 4.12. The van der Waals surface area contributed by atoms with E-state index in [1.54, 1.807) is 12.1 Å². The van der Waals surface area contributed by atoms with Crippen molar-refractivity contribution in [3.05, 3.63) is 36.7 Å². The molecule has 0 bridgehead atoms. The second kappa shape index (κ2) is 7.72. The predicted molar refractivity (Wildman–Crippen MR) is 88.1 cm³/mol. The summed E-state index contributed by atoms with van der Waals surface area (Å²) in [4.78, 5) is 7.70. The molecule has 2 N–H and O–H groups in total. The zero-order valence-corrected chi connectivity index (χ0v) is 13.6. The normalized spacial score (nSPS) is 10.0. The van der Waals surface area contributed by atoms with Gasteiger partial charge in [0.05, 0.1) is 17.7 Å². The molecular formula is C14H11N7O3S. The van der Waals surface area contributed by atoms with Crippen molar-refractivity contribution < 1.29 is 13.2 Å². The van der Waals surface area contributed by atoms with Gasteiger partial charge in [0, 0.05) is 12.4 Å². The summed E-state index contributed by atoms with van der Waals surface area (Å²) >= 11 is 0. The van der Waals surface area contributed by atoms with Gasteiger partial charge in [-0.2, -0.15) is 15.6 Å². The van der Waals surface area contributed by atoms with Crippen LogP contribution in [0.25, 0.3) is 0 Å². The van der Waals surface area contributed by atoms with Crippen LogP contribution in [0.15, 0.2) is 46.7 Å². The molecule has 0 aliphatic heterocycles. The Labute approximate surface area is 143 Å². The van der Waals surface area contributed by atoms with Crippen LogP contribution < -0.4 is 14.9 Å². The Morgan fingerprint density at radius 3 is 2.40 bits per heavy atom. The van der Waals surface area contributed by atoms with Crippen LogP contribution in [0.5, 0.6) is 5.88 Å². The molecule has 1 aromatic heterocycles. The molecule has 0 saturated carbocycles. The lowest BCUT2D eigenvalue weighted by molar-refractivity contribution is 0.398. The first-order valence-corrected chi connectivity index (χ1v) is 8.10. The summed E-state index contributed by atoms with van der Waals surface area (Å²) < 4.78 is 32.0. The average Bonchev–Trinajstić information content (AvgIpc) is 2.63. The summed E-state index contributed by atoms with van der Waals surface area (Å²) in [5, 5.41) is 20.7. The number of hydrazone groups is 1. The highest BCUT2D eigenvalue weighted by Crippen LogP contribution is 2.22. The molecule has 0 amide bonds. The predicted octanol–water partition coefficient (Wildman–Crippen LogP) is 1.10. The van der Waals surface area contributed by atoms with Crippen LogP contribution in [0, 0.1) is 22.7 Å². The number of nitriles is 2. The molecule has 126 valence electrons. The van der Waals surface area contributed by atoms with Crippen LogP contribution in [-0.2, 0) is 10.0 Å². The number of ether oxygens (including phenoxy) is 1. The number of hydrogen-bond donors (Lipinski definition) is 2. The van der Waals surface area contributed by atoms with Crippen molar-refractivity contribution in [2.45, 2.75) is 4.90 Å². The minimum atomic E-state index is -3.90. The standard InChI is InChI=1S/C14H11N7O3S/c1-24-14-13(17-6-7-18-14)21-25(22,23)12-4-2-10(3-5-12)19-20-11(8-15)9-16/h2-7,19H,1H3,(H,17,21). The van der Waals surface area contributed by atoms with Crippen LogP contribution in [0.1, 0.15) is 0 Å². The highest BCUT2D eigenvalue weighted by atomic mass is 32.2. The summed E-state index contributed by atoms with van der Waals surface area (Å²) in [5.74, 6) is 0.00344. The van der Waals surface area contributed by atoms with E-state index < -0.39 is 10.0 Å². The lowest BCUT2D eigenvalue weighted by Crippen LogP contribution is -2.15. The molecule has 25 heavy (non-hydrogen) atoms. The van der Waals surface area contributed by atoms with Gasteiger partial charge < -0.3 is 4.74 Å². The minimum absolute atomic E-state index is 0.0319. The van der Waals surface area contributed by atoms with E-state index >= 15 is 0 Å². The van der Waals surface area contributed by atoms with E-state index in [0.717, 1.165) is 0 Å². The molecular weight excluding hydrogens is 346 g/mol. The van der Waals surface area contributed by atoms with E-state index in [1.807, 2.05) is 0 Å². The molecule has 0 aliphatic carbocycles. The van der Waals surface area contributed by atoms with Crippen molar-refractivity contribution >= 4 is 27.2 Å². The largest absolute Gasteiger partial charge is 0.478 e. The molecule has 1 heterocycles.